The van der Waals surface area contributed by atoms with Gasteiger partial charge in [-0.15, -0.1) is 0 Å². The molecule has 108 valence electrons. The Labute approximate surface area is 124 Å². The second-order valence-electron chi connectivity index (χ2n) is 4.55. The maximum Gasteiger partial charge on any atom is 0.138 e. The van der Waals surface area contributed by atoms with E-state index in [1.807, 2.05) is 22.9 Å². The predicted octanol–water partition coefficient (Wildman–Crippen LogP) is 3.16. The Bertz CT molecular complexity index is 580. The van der Waals surface area contributed by atoms with Gasteiger partial charge in [0.25, 0.3) is 0 Å². The smallest absolute Gasteiger partial charge is 0.138 e. The number of halogens is 1. The van der Waals surface area contributed by atoms with E-state index in [4.69, 9.17) is 22.1 Å². The number of hydrogen-bond acceptors (Lipinski definition) is 3. The topological polar surface area (TPSA) is 53.1 Å². The summed E-state index contributed by atoms with van der Waals surface area (Å²) in [7, 11) is 0. The normalized spacial score (nSPS) is 10.8. The summed E-state index contributed by atoms with van der Waals surface area (Å²) < 4.78 is 7.75. The maximum absolute atomic E-state index is 6.18. The van der Waals surface area contributed by atoms with Crippen LogP contribution in [0, 0.1) is 0 Å². The van der Waals surface area contributed by atoms with E-state index in [1.54, 1.807) is 0 Å². The Morgan fingerprint density at radius 2 is 2.10 bits per heavy atom. The Morgan fingerprint density at radius 3 is 2.70 bits per heavy atom. The van der Waals surface area contributed by atoms with Crippen LogP contribution in [0.4, 0.5) is 0 Å². The molecule has 1 aromatic carbocycles. The van der Waals surface area contributed by atoms with Crippen molar-refractivity contribution < 1.29 is 4.74 Å². The molecule has 20 heavy (non-hydrogen) atoms. The average molecular weight is 294 g/mol. The Hall–Kier alpha value is -1.52. The van der Waals surface area contributed by atoms with Crippen LogP contribution in [0.15, 0.2) is 24.3 Å². The van der Waals surface area contributed by atoms with Crippen LogP contribution in [0.5, 0.6) is 5.75 Å². The lowest BCUT2D eigenvalue weighted by Crippen LogP contribution is -2.06. The van der Waals surface area contributed by atoms with Crippen molar-refractivity contribution in [2.75, 3.05) is 0 Å². The van der Waals surface area contributed by atoms with Crippen LogP contribution < -0.4 is 10.5 Å². The Morgan fingerprint density at radius 1 is 1.30 bits per heavy atom. The van der Waals surface area contributed by atoms with Crippen LogP contribution in [0.2, 0.25) is 5.02 Å². The van der Waals surface area contributed by atoms with Gasteiger partial charge in [-0.1, -0.05) is 24.6 Å². The maximum atomic E-state index is 6.18. The minimum Gasteiger partial charge on any atom is -0.486 e. The van der Waals surface area contributed by atoms with E-state index in [-0.39, 0.29) is 0 Å². The number of rotatable bonds is 6. The zero-order chi connectivity index (χ0) is 14.5. The molecular formula is C15H20ClN3O. The fraction of sp³-hybridized carbons (Fsp3) is 0.400. The fourth-order valence-electron chi connectivity index (χ4n) is 2.02. The lowest BCUT2D eigenvalue weighted by molar-refractivity contribution is 0.292. The molecule has 4 nitrogen and oxygen atoms in total. The van der Waals surface area contributed by atoms with E-state index in [2.05, 4.69) is 25.0 Å². The Kier molecular flexibility index (Phi) is 5.04. The average Bonchev–Trinajstić information content (AvgIpc) is 2.88. The van der Waals surface area contributed by atoms with Gasteiger partial charge in [0.1, 0.15) is 12.4 Å². The number of hydrogen-bond donors (Lipinski definition) is 1. The second-order valence-corrected chi connectivity index (χ2v) is 4.96. The summed E-state index contributed by atoms with van der Waals surface area (Å²) in [5, 5.41) is 5.09. The summed E-state index contributed by atoms with van der Waals surface area (Å²) in [4.78, 5) is 0. The first-order valence-corrected chi connectivity index (χ1v) is 7.22. The third-order valence-electron chi connectivity index (χ3n) is 3.18. The molecule has 0 aliphatic carbocycles. The fourth-order valence-corrected chi connectivity index (χ4v) is 2.28. The first-order valence-electron chi connectivity index (χ1n) is 6.84. The summed E-state index contributed by atoms with van der Waals surface area (Å²) in [5.74, 6) is 0.672. The number of ether oxygens (including phenoxy) is 1. The van der Waals surface area contributed by atoms with Crippen molar-refractivity contribution in [2.24, 2.45) is 5.73 Å². The highest BCUT2D eigenvalue weighted by Gasteiger charge is 2.08. The van der Waals surface area contributed by atoms with Crippen LogP contribution in [0.3, 0.4) is 0 Å². The molecule has 0 aliphatic heterocycles. The number of nitrogens with two attached hydrogens (primary N) is 1. The number of nitrogens with zero attached hydrogens (tertiary/aromatic N) is 2. The third-order valence-corrected chi connectivity index (χ3v) is 3.48. The van der Waals surface area contributed by atoms with E-state index in [9.17, 15) is 0 Å². The molecule has 0 saturated carbocycles. The quantitative estimate of drug-likeness (QED) is 0.890. The van der Waals surface area contributed by atoms with Crippen molar-refractivity contribution in [3.63, 3.8) is 0 Å². The molecule has 2 aromatic rings. The SMILES string of the molecule is CCc1cc(COc2ccc(CN)cc2Cl)n(CC)n1. The van der Waals surface area contributed by atoms with Crippen molar-refractivity contribution >= 4 is 11.6 Å². The van der Waals surface area contributed by atoms with E-state index >= 15 is 0 Å². The minimum atomic E-state index is 0.461. The first-order chi connectivity index (χ1) is 9.67. The summed E-state index contributed by atoms with van der Waals surface area (Å²) in [6.45, 7) is 5.93. The van der Waals surface area contributed by atoms with E-state index < -0.39 is 0 Å². The number of aromatic nitrogens is 2. The van der Waals surface area contributed by atoms with Gasteiger partial charge in [0, 0.05) is 13.1 Å². The molecule has 0 unspecified atom stereocenters. The number of benzene rings is 1. The largest absolute Gasteiger partial charge is 0.486 e. The van der Waals surface area contributed by atoms with Gasteiger partial charge in [-0.3, -0.25) is 4.68 Å². The molecule has 1 aromatic heterocycles. The molecular weight excluding hydrogens is 274 g/mol. The lowest BCUT2D eigenvalue weighted by atomic mass is 10.2. The monoisotopic (exact) mass is 293 g/mol. The first kappa shape index (κ1) is 14.9. The zero-order valence-corrected chi connectivity index (χ0v) is 12.7. The van der Waals surface area contributed by atoms with E-state index in [0.29, 0.717) is 23.9 Å². The predicted molar refractivity (Wildman–Crippen MR) is 81.0 cm³/mol. The van der Waals surface area contributed by atoms with Gasteiger partial charge in [0.2, 0.25) is 0 Å². The van der Waals surface area contributed by atoms with E-state index in [0.717, 1.165) is 29.9 Å². The molecule has 0 fully saturated rings. The molecule has 0 amide bonds. The van der Waals surface area contributed by atoms with Crippen molar-refractivity contribution in [3.05, 3.63) is 46.2 Å². The van der Waals surface area contributed by atoms with Gasteiger partial charge in [0.15, 0.2) is 0 Å². The molecule has 0 spiro atoms. The third kappa shape index (κ3) is 3.32. The van der Waals surface area contributed by atoms with Crippen LogP contribution >= 0.6 is 11.6 Å². The van der Waals surface area contributed by atoms with Crippen molar-refractivity contribution in [2.45, 2.75) is 40.0 Å². The van der Waals surface area contributed by atoms with Gasteiger partial charge < -0.3 is 10.5 Å². The van der Waals surface area contributed by atoms with Gasteiger partial charge in [-0.05, 0) is 37.1 Å². The minimum absolute atomic E-state index is 0.461. The molecule has 0 atom stereocenters. The lowest BCUT2D eigenvalue weighted by Gasteiger charge is -2.10. The highest BCUT2D eigenvalue weighted by molar-refractivity contribution is 6.32. The molecule has 2 N–H and O–H groups in total. The highest BCUT2D eigenvalue weighted by Crippen LogP contribution is 2.26. The van der Waals surface area contributed by atoms with Crippen LogP contribution in [0.25, 0.3) is 0 Å². The number of aryl methyl sites for hydroxylation is 2. The van der Waals surface area contributed by atoms with Gasteiger partial charge in [-0.25, -0.2) is 0 Å². The summed E-state index contributed by atoms with van der Waals surface area (Å²) in [6, 6.07) is 7.70. The van der Waals surface area contributed by atoms with Gasteiger partial charge in [0.05, 0.1) is 16.4 Å². The van der Waals surface area contributed by atoms with Crippen molar-refractivity contribution in [3.8, 4) is 5.75 Å². The second kappa shape index (κ2) is 6.77. The van der Waals surface area contributed by atoms with Gasteiger partial charge in [-0.2, -0.15) is 5.10 Å². The zero-order valence-electron chi connectivity index (χ0n) is 11.9. The summed E-state index contributed by atoms with van der Waals surface area (Å²) in [6.07, 6.45) is 0.923. The highest BCUT2D eigenvalue weighted by atomic mass is 35.5. The van der Waals surface area contributed by atoms with Crippen LogP contribution in [-0.4, -0.2) is 9.78 Å². The Balaban J connectivity index is 2.10. The molecule has 0 radical (unpaired) electrons. The van der Waals surface area contributed by atoms with Crippen LogP contribution in [0.1, 0.15) is 30.8 Å². The molecule has 1 heterocycles. The van der Waals surface area contributed by atoms with Crippen molar-refractivity contribution in [1.82, 2.24) is 9.78 Å². The molecule has 0 aliphatic rings. The summed E-state index contributed by atoms with van der Waals surface area (Å²) in [5.41, 5.74) is 8.71. The molecule has 0 bridgehead atoms. The van der Waals surface area contributed by atoms with Gasteiger partial charge >= 0.3 is 0 Å². The standard InChI is InChI=1S/C15H20ClN3O/c1-3-12-8-13(19(4-2)18-12)10-20-15-6-5-11(9-17)7-14(15)16/h5-8H,3-4,9-10,17H2,1-2H3. The molecule has 2 rings (SSSR count). The molecule has 0 saturated heterocycles. The van der Waals surface area contributed by atoms with Crippen molar-refractivity contribution in [1.29, 1.82) is 0 Å². The molecule has 5 heteroatoms. The van der Waals surface area contributed by atoms with Crippen LogP contribution in [-0.2, 0) is 26.1 Å². The summed E-state index contributed by atoms with van der Waals surface area (Å²) >= 11 is 6.18. The van der Waals surface area contributed by atoms with E-state index in [1.165, 1.54) is 0 Å².